The molecule has 0 unspecified atom stereocenters. The molecule has 0 aliphatic rings. The maximum absolute atomic E-state index is 5.78. The van der Waals surface area contributed by atoms with Gasteiger partial charge >= 0.3 is 0 Å². The Morgan fingerprint density at radius 1 is 1.28 bits per heavy atom. The summed E-state index contributed by atoms with van der Waals surface area (Å²) in [4.78, 5) is 4.32. The van der Waals surface area contributed by atoms with E-state index in [1.807, 2.05) is 25.2 Å². The number of hydrogen-bond donors (Lipinski definition) is 1. The fourth-order valence-corrected chi connectivity index (χ4v) is 2.14. The smallest absolute Gasteiger partial charge is 0.201 e. The third-order valence-electron chi connectivity index (χ3n) is 2.72. The van der Waals surface area contributed by atoms with Crippen molar-refractivity contribution < 1.29 is 9.47 Å². The summed E-state index contributed by atoms with van der Waals surface area (Å²) < 4.78 is 13.1. The molecule has 0 aliphatic carbocycles. The maximum Gasteiger partial charge on any atom is 0.201 e. The summed E-state index contributed by atoms with van der Waals surface area (Å²) in [6.45, 7) is 0. The number of rotatable bonds is 3. The topological polar surface area (TPSA) is 62.3 Å². The number of hydrogen-bond acceptors (Lipinski definition) is 4. The fraction of sp³-hybridized carbons (Fsp3) is 0.250. The van der Waals surface area contributed by atoms with Gasteiger partial charge in [-0.2, -0.15) is 0 Å². The molecule has 2 N–H and O–H groups in total. The molecule has 0 saturated heterocycles. The van der Waals surface area contributed by atoms with Crippen molar-refractivity contribution in [3.8, 4) is 22.8 Å². The zero-order valence-electron chi connectivity index (χ0n) is 10.4. The first-order chi connectivity index (χ1) is 8.58. The third-order valence-corrected chi connectivity index (χ3v) is 3.63. The normalized spacial score (nSPS) is 10.4. The van der Waals surface area contributed by atoms with E-state index in [2.05, 4.69) is 20.9 Å². The number of methoxy groups -OCH3 is 2. The van der Waals surface area contributed by atoms with Gasteiger partial charge in [0.25, 0.3) is 0 Å². The number of nitrogens with zero attached hydrogens (tertiary/aromatic N) is 2. The molecule has 0 bridgehead atoms. The molecule has 1 aromatic heterocycles. The second-order valence-corrected chi connectivity index (χ2v) is 4.49. The van der Waals surface area contributed by atoms with Crippen LogP contribution in [0.25, 0.3) is 11.3 Å². The zero-order chi connectivity index (χ0) is 13.3. The Morgan fingerprint density at radius 2 is 2.00 bits per heavy atom. The minimum atomic E-state index is 0.440. The first kappa shape index (κ1) is 12.8. The monoisotopic (exact) mass is 311 g/mol. The molecule has 0 saturated carbocycles. The molecule has 2 aromatic rings. The number of nitrogens with two attached hydrogens (primary N) is 1. The van der Waals surface area contributed by atoms with Crippen LogP contribution in [0.5, 0.6) is 11.5 Å². The van der Waals surface area contributed by atoms with Crippen LogP contribution in [0.2, 0.25) is 0 Å². The van der Waals surface area contributed by atoms with Crippen LogP contribution < -0.4 is 15.2 Å². The van der Waals surface area contributed by atoms with Crippen LogP contribution in [0.3, 0.4) is 0 Å². The Morgan fingerprint density at radius 3 is 2.50 bits per heavy atom. The molecule has 2 rings (SSSR count). The first-order valence-electron chi connectivity index (χ1n) is 5.28. The molecule has 18 heavy (non-hydrogen) atoms. The summed E-state index contributed by atoms with van der Waals surface area (Å²) in [7, 11) is 5.06. The minimum Gasteiger partial charge on any atom is -0.497 e. The Labute approximate surface area is 114 Å². The second-order valence-electron chi connectivity index (χ2n) is 3.73. The van der Waals surface area contributed by atoms with Gasteiger partial charge in [0.1, 0.15) is 21.8 Å². The summed E-state index contributed by atoms with van der Waals surface area (Å²) in [6, 6.07) is 5.56. The van der Waals surface area contributed by atoms with Crippen molar-refractivity contribution in [1.82, 2.24) is 9.55 Å². The largest absolute Gasteiger partial charge is 0.497 e. The molecule has 0 spiro atoms. The molecule has 1 heterocycles. The van der Waals surface area contributed by atoms with Gasteiger partial charge < -0.3 is 19.8 Å². The first-order valence-corrected chi connectivity index (χ1v) is 6.08. The lowest BCUT2D eigenvalue weighted by Crippen LogP contribution is -1.96. The van der Waals surface area contributed by atoms with Crippen molar-refractivity contribution in [1.29, 1.82) is 0 Å². The lowest BCUT2D eigenvalue weighted by Gasteiger charge is -2.09. The molecule has 0 aliphatic heterocycles. The van der Waals surface area contributed by atoms with Crippen molar-refractivity contribution in [3.63, 3.8) is 0 Å². The third kappa shape index (κ3) is 2.03. The Bertz CT molecular complexity index is 581. The van der Waals surface area contributed by atoms with E-state index in [0.717, 1.165) is 21.6 Å². The van der Waals surface area contributed by atoms with E-state index in [4.69, 9.17) is 15.2 Å². The molecule has 5 nitrogen and oxygen atoms in total. The van der Waals surface area contributed by atoms with Crippen LogP contribution in [0.15, 0.2) is 22.8 Å². The Balaban J connectivity index is 2.59. The fourth-order valence-electron chi connectivity index (χ4n) is 1.66. The van der Waals surface area contributed by atoms with Crippen LogP contribution in [0.4, 0.5) is 5.95 Å². The van der Waals surface area contributed by atoms with Gasteiger partial charge in [-0.25, -0.2) is 4.98 Å². The molecule has 0 fully saturated rings. The van der Waals surface area contributed by atoms with E-state index in [9.17, 15) is 0 Å². The summed E-state index contributed by atoms with van der Waals surface area (Å²) in [6.07, 6.45) is 0. The highest BCUT2D eigenvalue weighted by Gasteiger charge is 2.16. The van der Waals surface area contributed by atoms with Gasteiger partial charge in [0, 0.05) is 18.7 Å². The van der Waals surface area contributed by atoms with Crippen molar-refractivity contribution in [2.24, 2.45) is 7.05 Å². The minimum absolute atomic E-state index is 0.440. The highest BCUT2D eigenvalue weighted by Crippen LogP contribution is 2.37. The van der Waals surface area contributed by atoms with Gasteiger partial charge in [-0.15, -0.1) is 0 Å². The van der Waals surface area contributed by atoms with E-state index >= 15 is 0 Å². The average Bonchev–Trinajstić information content (AvgIpc) is 2.65. The Hall–Kier alpha value is -1.69. The predicted molar refractivity (Wildman–Crippen MR) is 73.9 cm³/mol. The quantitative estimate of drug-likeness (QED) is 0.945. The molecule has 0 radical (unpaired) electrons. The molecule has 1 aromatic carbocycles. The molecule has 0 atom stereocenters. The highest BCUT2D eigenvalue weighted by atomic mass is 79.9. The predicted octanol–water partition coefficient (Wildman–Crippen LogP) is 2.45. The lowest BCUT2D eigenvalue weighted by atomic mass is 10.1. The highest BCUT2D eigenvalue weighted by molar-refractivity contribution is 9.10. The number of nitrogen functional groups attached to an aromatic ring is 1. The molecule has 6 heteroatoms. The summed E-state index contributed by atoms with van der Waals surface area (Å²) in [5, 5.41) is 0. The summed E-state index contributed by atoms with van der Waals surface area (Å²) >= 11 is 3.47. The van der Waals surface area contributed by atoms with Gasteiger partial charge in [0.05, 0.1) is 14.2 Å². The van der Waals surface area contributed by atoms with Crippen LogP contribution in [-0.2, 0) is 7.05 Å². The van der Waals surface area contributed by atoms with Gasteiger partial charge in [-0.05, 0) is 28.1 Å². The van der Waals surface area contributed by atoms with Crippen molar-refractivity contribution in [3.05, 3.63) is 22.8 Å². The van der Waals surface area contributed by atoms with Gasteiger partial charge in [-0.1, -0.05) is 0 Å². The summed E-state index contributed by atoms with van der Waals surface area (Å²) in [5.74, 6) is 1.86. The van der Waals surface area contributed by atoms with Crippen LogP contribution in [0.1, 0.15) is 0 Å². The number of halogens is 1. The second kappa shape index (κ2) is 4.89. The number of anilines is 1. The number of ether oxygens (including phenoxy) is 2. The molecular formula is C12H14BrN3O2. The number of benzene rings is 1. The number of aromatic nitrogens is 2. The lowest BCUT2D eigenvalue weighted by molar-refractivity contribution is 0.395. The van der Waals surface area contributed by atoms with Gasteiger partial charge in [-0.3, -0.25) is 0 Å². The van der Waals surface area contributed by atoms with Gasteiger partial charge in [0.15, 0.2) is 0 Å². The van der Waals surface area contributed by atoms with Crippen molar-refractivity contribution in [2.45, 2.75) is 0 Å². The number of imidazole rings is 1. The molecular weight excluding hydrogens is 298 g/mol. The van der Waals surface area contributed by atoms with Crippen molar-refractivity contribution in [2.75, 3.05) is 20.0 Å². The average molecular weight is 312 g/mol. The van der Waals surface area contributed by atoms with Crippen LogP contribution in [-0.4, -0.2) is 23.8 Å². The molecule has 0 amide bonds. The Kier molecular flexibility index (Phi) is 3.47. The van der Waals surface area contributed by atoms with Gasteiger partial charge in [0.2, 0.25) is 5.95 Å². The van der Waals surface area contributed by atoms with Crippen LogP contribution in [0, 0.1) is 0 Å². The molecule has 96 valence electrons. The standard InChI is InChI=1S/C12H14BrN3O2/c1-16-11(13)10(15-12(16)14)8-5-4-7(17-2)6-9(8)18-3/h4-6H,1-3H3,(H2,14,15). The van der Waals surface area contributed by atoms with E-state index in [1.165, 1.54) is 0 Å². The zero-order valence-corrected chi connectivity index (χ0v) is 12.0. The maximum atomic E-state index is 5.78. The van der Waals surface area contributed by atoms with E-state index < -0.39 is 0 Å². The van der Waals surface area contributed by atoms with E-state index in [-0.39, 0.29) is 0 Å². The van der Waals surface area contributed by atoms with Crippen molar-refractivity contribution >= 4 is 21.9 Å². The van der Waals surface area contributed by atoms with E-state index in [0.29, 0.717) is 11.7 Å². The van der Waals surface area contributed by atoms with Crippen LogP contribution >= 0.6 is 15.9 Å². The SMILES string of the molecule is COc1ccc(-c2nc(N)n(C)c2Br)c(OC)c1. The summed E-state index contributed by atoms with van der Waals surface area (Å²) in [5.41, 5.74) is 7.39. The van der Waals surface area contributed by atoms with E-state index in [1.54, 1.807) is 18.8 Å².